The predicted octanol–water partition coefficient (Wildman–Crippen LogP) is 5.16. The zero-order valence-electron chi connectivity index (χ0n) is 15.0. The van der Waals surface area contributed by atoms with Crippen molar-refractivity contribution in [2.45, 2.75) is 6.92 Å². The first-order chi connectivity index (χ1) is 13.2. The van der Waals surface area contributed by atoms with Crippen LogP contribution in [-0.2, 0) is 0 Å². The van der Waals surface area contributed by atoms with E-state index in [1.54, 1.807) is 17.7 Å². The molecule has 0 N–H and O–H groups in total. The summed E-state index contributed by atoms with van der Waals surface area (Å²) in [6.07, 6.45) is 1.62. The predicted molar refractivity (Wildman–Crippen MR) is 108 cm³/mol. The molecule has 0 radical (unpaired) electrons. The number of nitrogens with zero attached hydrogens (tertiary/aromatic N) is 3. The zero-order chi connectivity index (χ0) is 18.4. The molecule has 0 fully saturated rings. The summed E-state index contributed by atoms with van der Waals surface area (Å²) < 4.78 is 12.0. The molecule has 27 heavy (non-hydrogen) atoms. The first-order valence-electron chi connectivity index (χ1n) is 8.64. The van der Waals surface area contributed by atoms with Gasteiger partial charge in [-0.05, 0) is 36.2 Å². The van der Waals surface area contributed by atoms with Crippen LogP contribution in [0.4, 0.5) is 11.5 Å². The summed E-state index contributed by atoms with van der Waals surface area (Å²) in [7, 11) is 2.01. The fraction of sp³-hybridized carbons (Fsp3) is 0.143. The molecular weight excluding hydrogens is 358 g/mol. The quantitative estimate of drug-likeness (QED) is 0.495. The van der Waals surface area contributed by atoms with E-state index in [2.05, 4.69) is 52.1 Å². The fourth-order valence-corrected chi connectivity index (χ4v) is 4.51. The zero-order valence-corrected chi connectivity index (χ0v) is 15.8. The van der Waals surface area contributed by atoms with Crippen LogP contribution in [-0.4, -0.2) is 23.8 Å². The van der Waals surface area contributed by atoms with Crippen LogP contribution in [0.15, 0.2) is 54.9 Å². The Morgan fingerprint density at radius 3 is 2.74 bits per heavy atom. The minimum atomic E-state index is 0.269. The third-order valence-electron chi connectivity index (χ3n) is 4.76. The second-order valence-electron chi connectivity index (χ2n) is 6.43. The van der Waals surface area contributed by atoms with Crippen molar-refractivity contribution in [2.75, 3.05) is 18.7 Å². The van der Waals surface area contributed by atoms with Gasteiger partial charge in [0, 0.05) is 23.7 Å². The number of rotatable bonds is 3. The van der Waals surface area contributed by atoms with Gasteiger partial charge in [0.1, 0.15) is 6.33 Å². The Kier molecular flexibility index (Phi) is 3.72. The third kappa shape index (κ3) is 2.69. The number of aryl methyl sites for hydroxylation is 1. The van der Waals surface area contributed by atoms with Crippen LogP contribution >= 0.6 is 11.3 Å². The minimum Gasteiger partial charge on any atom is -0.454 e. The van der Waals surface area contributed by atoms with Crippen molar-refractivity contribution < 1.29 is 9.47 Å². The second kappa shape index (κ2) is 6.25. The van der Waals surface area contributed by atoms with Crippen molar-refractivity contribution in [2.24, 2.45) is 0 Å². The number of thiophene rings is 1. The van der Waals surface area contributed by atoms with E-state index < -0.39 is 0 Å². The van der Waals surface area contributed by atoms with Crippen molar-refractivity contribution in [1.29, 1.82) is 0 Å². The molecule has 0 saturated carbocycles. The standard InChI is InChI=1S/C21H17N3O2S/c1-13-5-3-4-6-15(13)19-10-16-20(27-19)21(23-11-22-16)24(2)14-7-8-17-18(9-14)26-12-25-17/h3-11H,12H2,1-2H3. The lowest BCUT2D eigenvalue weighted by Crippen LogP contribution is -2.11. The smallest absolute Gasteiger partial charge is 0.231 e. The molecule has 3 heterocycles. The monoisotopic (exact) mass is 375 g/mol. The Morgan fingerprint density at radius 1 is 1.00 bits per heavy atom. The SMILES string of the molecule is Cc1ccccc1-c1cc2ncnc(N(C)c3ccc4c(c3)OCO4)c2s1. The summed E-state index contributed by atoms with van der Waals surface area (Å²) in [5.74, 6) is 2.41. The third-order valence-corrected chi connectivity index (χ3v) is 5.92. The van der Waals surface area contributed by atoms with Gasteiger partial charge < -0.3 is 14.4 Å². The molecule has 0 saturated heterocycles. The van der Waals surface area contributed by atoms with Crippen LogP contribution in [0.3, 0.4) is 0 Å². The number of anilines is 2. The minimum absolute atomic E-state index is 0.269. The lowest BCUT2D eigenvalue weighted by Gasteiger charge is -2.19. The molecule has 5 rings (SSSR count). The van der Waals surface area contributed by atoms with E-state index in [1.165, 1.54) is 16.0 Å². The van der Waals surface area contributed by atoms with Gasteiger partial charge in [-0.25, -0.2) is 9.97 Å². The van der Waals surface area contributed by atoms with Gasteiger partial charge in [0.05, 0.1) is 10.2 Å². The summed E-state index contributed by atoms with van der Waals surface area (Å²) in [5, 5.41) is 0. The molecule has 0 aliphatic carbocycles. The molecule has 5 nitrogen and oxygen atoms in total. The number of hydrogen-bond acceptors (Lipinski definition) is 6. The number of ether oxygens (including phenoxy) is 2. The van der Waals surface area contributed by atoms with E-state index in [-0.39, 0.29) is 6.79 Å². The molecule has 0 unspecified atom stereocenters. The van der Waals surface area contributed by atoms with E-state index in [4.69, 9.17) is 9.47 Å². The maximum absolute atomic E-state index is 5.51. The van der Waals surface area contributed by atoms with Gasteiger partial charge in [-0.3, -0.25) is 0 Å². The fourth-order valence-electron chi connectivity index (χ4n) is 3.28. The molecule has 134 valence electrons. The van der Waals surface area contributed by atoms with Crippen molar-refractivity contribution in [3.8, 4) is 21.9 Å². The highest BCUT2D eigenvalue weighted by atomic mass is 32.1. The van der Waals surface area contributed by atoms with Gasteiger partial charge in [0.15, 0.2) is 17.3 Å². The molecule has 0 atom stereocenters. The lowest BCUT2D eigenvalue weighted by atomic mass is 10.1. The van der Waals surface area contributed by atoms with E-state index >= 15 is 0 Å². The molecule has 0 amide bonds. The number of hydrogen-bond donors (Lipinski definition) is 0. The summed E-state index contributed by atoms with van der Waals surface area (Å²) >= 11 is 1.72. The van der Waals surface area contributed by atoms with Crippen molar-refractivity contribution in [3.05, 3.63) is 60.4 Å². The Labute approximate surface area is 160 Å². The van der Waals surface area contributed by atoms with E-state index in [9.17, 15) is 0 Å². The normalized spacial score (nSPS) is 12.5. The average Bonchev–Trinajstić information content (AvgIpc) is 3.33. The molecule has 2 aromatic carbocycles. The number of benzene rings is 2. The van der Waals surface area contributed by atoms with Crippen LogP contribution in [0.5, 0.6) is 11.5 Å². The summed E-state index contributed by atoms with van der Waals surface area (Å²) in [6, 6.07) is 16.5. The van der Waals surface area contributed by atoms with Gasteiger partial charge in [-0.1, -0.05) is 24.3 Å². The topological polar surface area (TPSA) is 47.5 Å². The maximum atomic E-state index is 5.51. The molecule has 4 aromatic rings. The van der Waals surface area contributed by atoms with Crippen LogP contribution in [0.2, 0.25) is 0 Å². The largest absolute Gasteiger partial charge is 0.454 e. The van der Waals surface area contributed by atoms with Crippen molar-refractivity contribution in [3.63, 3.8) is 0 Å². The molecule has 6 heteroatoms. The second-order valence-corrected chi connectivity index (χ2v) is 7.49. The Morgan fingerprint density at radius 2 is 1.85 bits per heavy atom. The molecule has 1 aliphatic rings. The summed E-state index contributed by atoms with van der Waals surface area (Å²) in [4.78, 5) is 12.3. The van der Waals surface area contributed by atoms with Gasteiger partial charge >= 0.3 is 0 Å². The molecule has 1 aliphatic heterocycles. The van der Waals surface area contributed by atoms with E-state index in [0.29, 0.717) is 0 Å². The van der Waals surface area contributed by atoms with Gasteiger partial charge in [0.25, 0.3) is 0 Å². The van der Waals surface area contributed by atoms with Gasteiger partial charge in [-0.15, -0.1) is 11.3 Å². The highest BCUT2D eigenvalue weighted by Gasteiger charge is 2.18. The highest BCUT2D eigenvalue weighted by Crippen LogP contribution is 2.41. The van der Waals surface area contributed by atoms with E-state index in [1.807, 2.05) is 25.2 Å². The van der Waals surface area contributed by atoms with Crippen LogP contribution < -0.4 is 14.4 Å². The molecule has 0 spiro atoms. The first-order valence-corrected chi connectivity index (χ1v) is 9.46. The summed E-state index contributed by atoms with van der Waals surface area (Å²) in [5.41, 5.74) is 4.43. The Balaban J connectivity index is 1.60. The van der Waals surface area contributed by atoms with Gasteiger partial charge in [-0.2, -0.15) is 0 Å². The van der Waals surface area contributed by atoms with Crippen molar-refractivity contribution in [1.82, 2.24) is 9.97 Å². The van der Waals surface area contributed by atoms with Gasteiger partial charge in [0.2, 0.25) is 6.79 Å². The van der Waals surface area contributed by atoms with Crippen LogP contribution in [0, 0.1) is 6.92 Å². The first kappa shape index (κ1) is 16.1. The lowest BCUT2D eigenvalue weighted by molar-refractivity contribution is 0.174. The molecule has 0 bridgehead atoms. The van der Waals surface area contributed by atoms with Crippen LogP contribution in [0.25, 0.3) is 20.7 Å². The van der Waals surface area contributed by atoms with E-state index in [0.717, 1.165) is 33.2 Å². The Hall–Kier alpha value is -3.12. The number of fused-ring (bicyclic) bond motifs is 2. The highest BCUT2D eigenvalue weighted by molar-refractivity contribution is 7.22. The summed E-state index contributed by atoms with van der Waals surface area (Å²) in [6.45, 7) is 2.40. The number of aromatic nitrogens is 2. The average molecular weight is 375 g/mol. The van der Waals surface area contributed by atoms with Crippen molar-refractivity contribution >= 4 is 33.1 Å². The maximum Gasteiger partial charge on any atom is 0.231 e. The molecule has 2 aromatic heterocycles. The van der Waals surface area contributed by atoms with Crippen LogP contribution in [0.1, 0.15) is 5.56 Å². The Bertz CT molecular complexity index is 1160. The molecular formula is C21H17N3O2S.